The number of hydrogen-bond donors (Lipinski definition) is 1. The van der Waals surface area contributed by atoms with E-state index in [0.29, 0.717) is 18.4 Å². The molecule has 1 saturated carbocycles. The smallest absolute Gasteiger partial charge is 0.307 e. The van der Waals surface area contributed by atoms with Crippen LogP contribution in [0.4, 0.5) is 0 Å². The van der Waals surface area contributed by atoms with Gasteiger partial charge in [-0.2, -0.15) is 0 Å². The van der Waals surface area contributed by atoms with Gasteiger partial charge in [0.1, 0.15) is 12.4 Å². The predicted octanol–water partition coefficient (Wildman–Crippen LogP) is 2.42. The van der Waals surface area contributed by atoms with Crippen LogP contribution in [0.15, 0.2) is 36.8 Å². The fourth-order valence-electron chi connectivity index (χ4n) is 2.20. The summed E-state index contributed by atoms with van der Waals surface area (Å²) in [5.74, 6) is -0.152. The zero-order chi connectivity index (χ0) is 13.9. The summed E-state index contributed by atoms with van der Waals surface area (Å²) in [5.41, 5.74) is 1.79. The van der Waals surface area contributed by atoms with E-state index in [9.17, 15) is 4.79 Å². The van der Waals surface area contributed by atoms with Gasteiger partial charge in [-0.25, -0.2) is 4.98 Å². The Kier molecular flexibility index (Phi) is 3.41. The van der Waals surface area contributed by atoms with Gasteiger partial charge in [-0.3, -0.25) is 4.79 Å². The van der Waals surface area contributed by atoms with Crippen molar-refractivity contribution in [2.45, 2.75) is 31.9 Å². The summed E-state index contributed by atoms with van der Waals surface area (Å²) in [4.78, 5) is 14.9. The standard InChI is InChI=1S/C15H16N2O3/c18-15(19)7-11-2-1-3-14(6-11)20-9-13-8-16-10-17(13)12-4-5-12/h1-3,6,8,10,12H,4-5,7,9H2,(H,18,19). The van der Waals surface area contributed by atoms with Crippen LogP contribution in [0.5, 0.6) is 5.75 Å². The first-order valence-electron chi connectivity index (χ1n) is 6.66. The lowest BCUT2D eigenvalue weighted by atomic mass is 10.1. The van der Waals surface area contributed by atoms with Crippen LogP contribution in [0.25, 0.3) is 0 Å². The zero-order valence-electron chi connectivity index (χ0n) is 11.0. The van der Waals surface area contributed by atoms with Crippen molar-refractivity contribution in [1.29, 1.82) is 0 Å². The Balaban J connectivity index is 1.65. The lowest BCUT2D eigenvalue weighted by Crippen LogP contribution is -2.04. The molecule has 0 amide bonds. The molecule has 1 heterocycles. The molecule has 0 bridgehead atoms. The second-order valence-corrected chi connectivity index (χ2v) is 5.03. The van der Waals surface area contributed by atoms with Crippen molar-refractivity contribution in [1.82, 2.24) is 9.55 Å². The number of imidazole rings is 1. The summed E-state index contributed by atoms with van der Waals surface area (Å²) < 4.78 is 7.89. The fourth-order valence-corrected chi connectivity index (χ4v) is 2.20. The molecule has 5 nitrogen and oxygen atoms in total. The molecule has 1 aliphatic rings. The van der Waals surface area contributed by atoms with Gasteiger partial charge in [0.05, 0.1) is 24.6 Å². The molecule has 1 aliphatic carbocycles. The normalized spacial score (nSPS) is 14.2. The highest BCUT2D eigenvalue weighted by atomic mass is 16.5. The Morgan fingerprint density at radius 1 is 1.45 bits per heavy atom. The molecule has 20 heavy (non-hydrogen) atoms. The Morgan fingerprint density at radius 3 is 3.05 bits per heavy atom. The molecular weight excluding hydrogens is 256 g/mol. The molecule has 0 radical (unpaired) electrons. The maximum atomic E-state index is 10.7. The van der Waals surface area contributed by atoms with Gasteiger partial charge in [-0.1, -0.05) is 12.1 Å². The monoisotopic (exact) mass is 272 g/mol. The Hall–Kier alpha value is -2.30. The first-order chi connectivity index (χ1) is 9.72. The summed E-state index contributed by atoms with van der Waals surface area (Å²) >= 11 is 0. The highest BCUT2D eigenvalue weighted by Gasteiger charge is 2.25. The Labute approximate surface area is 116 Å². The first-order valence-corrected chi connectivity index (χ1v) is 6.66. The van der Waals surface area contributed by atoms with Crippen LogP contribution in [0, 0.1) is 0 Å². The van der Waals surface area contributed by atoms with Crippen molar-refractivity contribution in [3.63, 3.8) is 0 Å². The van der Waals surface area contributed by atoms with Gasteiger partial charge >= 0.3 is 5.97 Å². The minimum absolute atomic E-state index is 0.0111. The van der Waals surface area contributed by atoms with Gasteiger partial charge in [-0.15, -0.1) is 0 Å². The summed E-state index contributed by atoms with van der Waals surface area (Å²) in [6.07, 6.45) is 6.09. The summed E-state index contributed by atoms with van der Waals surface area (Å²) in [6.45, 7) is 0.451. The van der Waals surface area contributed by atoms with Crippen molar-refractivity contribution >= 4 is 5.97 Å². The lowest BCUT2D eigenvalue weighted by molar-refractivity contribution is -0.136. The van der Waals surface area contributed by atoms with Gasteiger partial charge < -0.3 is 14.4 Å². The summed E-state index contributed by atoms with van der Waals surface area (Å²) in [7, 11) is 0. The molecule has 0 atom stereocenters. The zero-order valence-corrected chi connectivity index (χ0v) is 11.0. The number of ether oxygens (including phenoxy) is 1. The van der Waals surface area contributed by atoms with Gasteiger partial charge in [0.15, 0.2) is 0 Å². The van der Waals surface area contributed by atoms with Crippen molar-refractivity contribution < 1.29 is 14.6 Å². The number of carboxylic acid groups (broad SMARTS) is 1. The molecule has 1 N–H and O–H groups in total. The largest absolute Gasteiger partial charge is 0.487 e. The number of carboxylic acids is 1. The predicted molar refractivity (Wildman–Crippen MR) is 72.6 cm³/mol. The van der Waals surface area contributed by atoms with E-state index in [-0.39, 0.29) is 6.42 Å². The highest BCUT2D eigenvalue weighted by molar-refractivity contribution is 5.70. The molecule has 0 spiro atoms. The van der Waals surface area contributed by atoms with E-state index in [1.165, 1.54) is 12.8 Å². The Bertz CT molecular complexity index is 617. The third-order valence-electron chi connectivity index (χ3n) is 3.33. The average molecular weight is 272 g/mol. The summed E-state index contributed by atoms with van der Waals surface area (Å²) in [6, 6.07) is 7.78. The van der Waals surface area contributed by atoms with Gasteiger partial charge in [0.25, 0.3) is 0 Å². The first kappa shape index (κ1) is 12.7. The van der Waals surface area contributed by atoms with Crippen LogP contribution >= 0.6 is 0 Å². The lowest BCUT2D eigenvalue weighted by Gasteiger charge is -2.09. The number of hydrogen-bond acceptors (Lipinski definition) is 3. The second kappa shape index (κ2) is 5.36. The van der Waals surface area contributed by atoms with Crippen molar-refractivity contribution in [2.24, 2.45) is 0 Å². The molecule has 1 fully saturated rings. The highest BCUT2D eigenvalue weighted by Crippen LogP contribution is 2.35. The number of rotatable bonds is 6. The minimum Gasteiger partial charge on any atom is -0.487 e. The molecule has 0 saturated heterocycles. The number of aliphatic carboxylic acids is 1. The SMILES string of the molecule is O=C(O)Cc1cccc(OCc2cncn2C2CC2)c1. The van der Waals surface area contributed by atoms with E-state index in [1.807, 2.05) is 24.7 Å². The van der Waals surface area contributed by atoms with E-state index in [1.54, 1.807) is 12.1 Å². The summed E-state index contributed by atoms with van der Waals surface area (Å²) in [5, 5.41) is 8.79. The van der Waals surface area contributed by atoms with Crippen LogP contribution in [0.2, 0.25) is 0 Å². The molecule has 3 rings (SSSR count). The molecule has 104 valence electrons. The van der Waals surface area contributed by atoms with Gasteiger partial charge in [-0.05, 0) is 30.5 Å². The fraction of sp³-hybridized carbons (Fsp3) is 0.333. The van der Waals surface area contributed by atoms with E-state index in [0.717, 1.165) is 11.3 Å². The average Bonchev–Trinajstić information content (AvgIpc) is 3.15. The number of carbonyl (C=O) groups is 1. The van der Waals surface area contributed by atoms with E-state index in [4.69, 9.17) is 9.84 Å². The van der Waals surface area contributed by atoms with E-state index < -0.39 is 5.97 Å². The third kappa shape index (κ3) is 2.99. The maximum Gasteiger partial charge on any atom is 0.307 e. The van der Waals surface area contributed by atoms with Gasteiger partial charge in [0, 0.05) is 6.04 Å². The van der Waals surface area contributed by atoms with Crippen LogP contribution in [-0.2, 0) is 17.8 Å². The molecular formula is C15H16N2O3. The molecule has 1 aromatic carbocycles. The van der Waals surface area contributed by atoms with E-state index >= 15 is 0 Å². The van der Waals surface area contributed by atoms with Crippen LogP contribution in [0.3, 0.4) is 0 Å². The quantitative estimate of drug-likeness (QED) is 0.877. The molecule has 2 aromatic rings. The van der Waals surface area contributed by atoms with Crippen molar-refractivity contribution in [3.05, 3.63) is 48.0 Å². The number of aromatic nitrogens is 2. The maximum absolute atomic E-state index is 10.7. The van der Waals surface area contributed by atoms with Crippen LogP contribution < -0.4 is 4.74 Å². The molecule has 5 heteroatoms. The Morgan fingerprint density at radius 2 is 2.30 bits per heavy atom. The van der Waals surface area contributed by atoms with E-state index in [2.05, 4.69) is 9.55 Å². The second-order valence-electron chi connectivity index (χ2n) is 5.03. The van der Waals surface area contributed by atoms with Crippen LogP contribution in [0.1, 0.15) is 30.1 Å². The topological polar surface area (TPSA) is 64.3 Å². The van der Waals surface area contributed by atoms with Crippen molar-refractivity contribution in [3.8, 4) is 5.75 Å². The molecule has 0 aliphatic heterocycles. The minimum atomic E-state index is -0.839. The van der Waals surface area contributed by atoms with Gasteiger partial charge in [0.2, 0.25) is 0 Å². The third-order valence-corrected chi connectivity index (χ3v) is 3.33. The molecule has 0 unspecified atom stereocenters. The van der Waals surface area contributed by atoms with Crippen molar-refractivity contribution in [2.75, 3.05) is 0 Å². The number of benzene rings is 1. The molecule has 1 aromatic heterocycles. The van der Waals surface area contributed by atoms with Crippen LogP contribution in [-0.4, -0.2) is 20.6 Å². The number of nitrogens with zero attached hydrogens (tertiary/aromatic N) is 2.